The molecule has 1 atom stereocenters. The van der Waals surface area contributed by atoms with Gasteiger partial charge in [-0.25, -0.2) is 19.9 Å². The molecule has 1 unspecified atom stereocenters. The predicted octanol–water partition coefficient (Wildman–Crippen LogP) is 6.60. The van der Waals surface area contributed by atoms with Crippen LogP contribution in [0.15, 0.2) is 85.2 Å². The molecule has 1 fully saturated rings. The van der Waals surface area contributed by atoms with Crippen LogP contribution in [-0.4, -0.2) is 138 Å². The van der Waals surface area contributed by atoms with Crippen molar-refractivity contribution in [2.24, 2.45) is 0 Å². The van der Waals surface area contributed by atoms with Crippen LogP contribution in [0.5, 0.6) is 5.75 Å². The summed E-state index contributed by atoms with van der Waals surface area (Å²) < 4.78 is 5.52. The molecule has 0 spiro atoms. The summed E-state index contributed by atoms with van der Waals surface area (Å²) in [5.41, 5.74) is 8.92. The molecular weight excluding hydrogens is 737 g/mol. The van der Waals surface area contributed by atoms with Crippen molar-refractivity contribution in [1.29, 1.82) is 0 Å². The van der Waals surface area contributed by atoms with E-state index in [0.717, 1.165) is 144 Å². The third-order valence-corrected chi connectivity index (χ3v) is 10.9. The number of hydrogen-bond acceptors (Lipinski definition) is 13. The number of nitrogens with one attached hydrogen (secondary N) is 4. The Kier molecular flexibility index (Phi) is 13.6. The molecular formula is C46H60N12O. The minimum absolute atomic E-state index is 0.335. The fourth-order valence-electron chi connectivity index (χ4n) is 7.65. The molecule has 0 saturated carbocycles. The van der Waals surface area contributed by atoms with Crippen LogP contribution in [0, 0.1) is 0 Å². The second-order valence-electron chi connectivity index (χ2n) is 15.9. The number of nitrogens with zero attached hydrogens (tertiary/aromatic N) is 8. The Morgan fingerprint density at radius 2 is 1.42 bits per heavy atom. The lowest BCUT2D eigenvalue weighted by atomic mass is 10.1. The van der Waals surface area contributed by atoms with Gasteiger partial charge in [-0.15, -0.1) is 0 Å². The Morgan fingerprint density at radius 3 is 2.03 bits per heavy atom. The lowest BCUT2D eigenvalue weighted by Gasteiger charge is -2.36. The summed E-state index contributed by atoms with van der Waals surface area (Å²) in [5, 5.41) is 16.4. The Bertz CT molecular complexity index is 2300. The highest BCUT2D eigenvalue weighted by molar-refractivity contribution is 5.96. The normalized spacial score (nSPS) is 14.3. The lowest BCUT2D eigenvalue weighted by Crippen LogP contribution is -2.55. The van der Waals surface area contributed by atoms with Gasteiger partial charge in [0.1, 0.15) is 17.4 Å². The predicted molar refractivity (Wildman–Crippen MR) is 247 cm³/mol. The molecule has 0 bridgehead atoms. The summed E-state index contributed by atoms with van der Waals surface area (Å²) >= 11 is 0. The third kappa shape index (κ3) is 10.5. The summed E-state index contributed by atoms with van der Waals surface area (Å²) in [5.74, 6) is 2.61. The first kappa shape index (κ1) is 41.4. The van der Waals surface area contributed by atoms with E-state index in [1.807, 2.05) is 43.7 Å². The lowest BCUT2D eigenvalue weighted by molar-refractivity contribution is 0.278. The SMILES string of the molecule is CNc1ccc(-c2cc(NCCCN(C)CC3CN(c4ccc(-c5cc(NCCCN(C)C)c6ccc(N(C)C)cc6n5)cn4)CCN3)c3ccc(OC)cc3n2)cn1. The van der Waals surface area contributed by atoms with Gasteiger partial charge in [0.25, 0.3) is 0 Å². The van der Waals surface area contributed by atoms with Gasteiger partial charge in [0.2, 0.25) is 0 Å². The second-order valence-corrected chi connectivity index (χ2v) is 15.9. The van der Waals surface area contributed by atoms with E-state index in [0.29, 0.717) is 6.04 Å². The van der Waals surface area contributed by atoms with Gasteiger partial charge >= 0.3 is 0 Å². The fourth-order valence-corrected chi connectivity index (χ4v) is 7.65. The standard InChI is InChI=1S/C46H60N12O/c1-47-45-16-10-32(28-51-45)39-26-42(38-15-13-36(59-7)25-44(38)54-39)50-19-9-22-57(6)30-34-31-58(23-20-48-34)46-17-11-33(29-52-46)40-27-41(49-18-8-21-55(2)3)37-14-12-35(56(4)5)24-43(37)53-40/h10-17,24-29,34,48H,8-9,18-23,30-31H2,1-7H3,(H,47,51)(H,49,53)(H,50,54). The van der Waals surface area contributed by atoms with Crippen molar-refractivity contribution in [1.82, 2.24) is 35.1 Å². The summed E-state index contributed by atoms with van der Waals surface area (Å²) in [6.45, 7) is 7.43. The monoisotopic (exact) mass is 797 g/mol. The minimum Gasteiger partial charge on any atom is -0.497 e. The highest BCUT2D eigenvalue weighted by Gasteiger charge is 2.22. The zero-order valence-electron chi connectivity index (χ0n) is 35.7. The average Bonchev–Trinajstić information content (AvgIpc) is 3.26. The van der Waals surface area contributed by atoms with E-state index in [-0.39, 0.29) is 0 Å². The number of fused-ring (bicyclic) bond motifs is 2. The number of pyridine rings is 4. The number of ether oxygens (including phenoxy) is 1. The number of methoxy groups -OCH3 is 1. The molecule has 310 valence electrons. The number of likely N-dealkylation sites (N-methyl/N-ethyl adjacent to an activating group) is 1. The maximum atomic E-state index is 5.52. The molecule has 0 radical (unpaired) electrons. The van der Waals surface area contributed by atoms with Crippen molar-refractivity contribution in [2.45, 2.75) is 18.9 Å². The smallest absolute Gasteiger partial charge is 0.128 e. The number of anilines is 5. The van der Waals surface area contributed by atoms with Crippen LogP contribution in [0.1, 0.15) is 12.8 Å². The number of aromatic nitrogens is 4. The fraction of sp³-hybridized carbons (Fsp3) is 0.391. The molecule has 4 N–H and O–H groups in total. The first-order valence-corrected chi connectivity index (χ1v) is 20.7. The van der Waals surface area contributed by atoms with Crippen LogP contribution < -0.4 is 35.8 Å². The van der Waals surface area contributed by atoms with Gasteiger partial charge in [0.05, 0.1) is 29.5 Å². The van der Waals surface area contributed by atoms with Crippen molar-refractivity contribution in [2.75, 3.05) is 128 Å². The Morgan fingerprint density at radius 1 is 0.763 bits per heavy atom. The first-order valence-electron chi connectivity index (χ1n) is 20.7. The van der Waals surface area contributed by atoms with Crippen molar-refractivity contribution < 1.29 is 4.74 Å². The zero-order chi connectivity index (χ0) is 41.3. The number of benzene rings is 2. The van der Waals surface area contributed by atoms with E-state index >= 15 is 0 Å². The van der Waals surface area contributed by atoms with Gasteiger partial charge in [0, 0.05) is 124 Å². The van der Waals surface area contributed by atoms with Crippen LogP contribution >= 0.6 is 0 Å². The van der Waals surface area contributed by atoms with Crippen LogP contribution in [0.4, 0.5) is 28.7 Å². The van der Waals surface area contributed by atoms with E-state index < -0.39 is 0 Å². The molecule has 2 aromatic carbocycles. The molecule has 59 heavy (non-hydrogen) atoms. The van der Waals surface area contributed by atoms with Gasteiger partial charge in [-0.2, -0.15) is 0 Å². The molecule has 13 heteroatoms. The molecule has 7 rings (SSSR count). The minimum atomic E-state index is 0.335. The first-order chi connectivity index (χ1) is 28.7. The molecule has 5 heterocycles. The van der Waals surface area contributed by atoms with E-state index in [1.54, 1.807) is 7.11 Å². The van der Waals surface area contributed by atoms with Crippen LogP contribution in [0.2, 0.25) is 0 Å². The maximum Gasteiger partial charge on any atom is 0.128 e. The van der Waals surface area contributed by atoms with E-state index in [4.69, 9.17) is 19.7 Å². The van der Waals surface area contributed by atoms with E-state index in [2.05, 4.69) is 130 Å². The molecule has 1 saturated heterocycles. The molecule has 4 aromatic heterocycles. The second kappa shape index (κ2) is 19.3. The Balaban J connectivity index is 0.956. The molecule has 0 amide bonds. The molecule has 1 aliphatic heterocycles. The van der Waals surface area contributed by atoms with Gasteiger partial charge < -0.3 is 45.6 Å². The number of hydrogen-bond donors (Lipinski definition) is 4. The van der Waals surface area contributed by atoms with Crippen molar-refractivity contribution >= 4 is 50.5 Å². The molecule has 1 aliphatic rings. The summed E-state index contributed by atoms with van der Waals surface area (Å²) in [7, 11) is 14.1. The van der Waals surface area contributed by atoms with Crippen molar-refractivity contribution in [3.05, 3.63) is 85.2 Å². The third-order valence-electron chi connectivity index (χ3n) is 10.9. The van der Waals surface area contributed by atoms with Crippen LogP contribution in [0.25, 0.3) is 44.3 Å². The van der Waals surface area contributed by atoms with E-state index in [9.17, 15) is 0 Å². The summed E-state index contributed by atoms with van der Waals surface area (Å²) in [6, 6.07) is 25.5. The Labute approximate surface area is 349 Å². The van der Waals surface area contributed by atoms with Crippen molar-refractivity contribution in [3.8, 4) is 28.3 Å². The van der Waals surface area contributed by atoms with Gasteiger partial charge in [0.15, 0.2) is 0 Å². The van der Waals surface area contributed by atoms with E-state index in [1.165, 1.54) is 0 Å². The van der Waals surface area contributed by atoms with Gasteiger partial charge in [-0.3, -0.25) is 0 Å². The number of rotatable bonds is 18. The number of piperazine rings is 1. The quantitative estimate of drug-likeness (QED) is 0.0700. The topological polar surface area (TPSA) is 122 Å². The highest BCUT2D eigenvalue weighted by atomic mass is 16.5. The Hall–Kier alpha value is -5.76. The summed E-state index contributed by atoms with van der Waals surface area (Å²) in [4.78, 5) is 28.7. The highest BCUT2D eigenvalue weighted by Crippen LogP contribution is 2.33. The average molecular weight is 797 g/mol. The van der Waals surface area contributed by atoms with Crippen molar-refractivity contribution in [3.63, 3.8) is 0 Å². The largest absolute Gasteiger partial charge is 0.497 e. The molecule has 6 aromatic rings. The summed E-state index contributed by atoms with van der Waals surface area (Å²) in [6.07, 6.45) is 5.89. The zero-order valence-corrected chi connectivity index (χ0v) is 35.7. The molecule has 0 aliphatic carbocycles. The van der Waals surface area contributed by atoms with Crippen LogP contribution in [0.3, 0.4) is 0 Å². The maximum absolute atomic E-state index is 5.52. The van der Waals surface area contributed by atoms with Crippen LogP contribution in [-0.2, 0) is 0 Å². The molecule has 13 nitrogen and oxygen atoms in total. The van der Waals surface area contributed by atoms with Gasteiger partial charge in [-0.1, -0.05) is 0 Å². The van der Waals surface area contributed by atoms with Gasteiger partial charge in [-0.05, 0) is 114 Å².